The molecular weight excluding hydrogens is 262 g/mol. The summed E-state index contributed by atoms with van der Waals surface area (Å²) < 4.78 is 0. The Kier molecular flexibility index (Phi) is 2.83. The van der Waals surface area contributed by atoms with Crippen molar-refractivity contribution in [2.75, 3.05) is 11.9 Å². The van der Waals surface area contributed by atoms with Crippen molar-refractivity contribution in [3.8, 4) is 0 Å². The van der Waals surface area contributed by atoms with Gasteiger partial charge in [-0.05, 0) is 30.7 Å². The summed E-state index contributed by atoms with van der Waals surface area (Å²) in [4.78, 5) is 17.5. The lowest BCUT2D eigenvalue weighted by Gasteiger charge is -2.18. The highest BCUT2D eigenvalue weighted by Gasteiger charge is 2.14. The predicted octanol–water partition coefficient (Wildman–Crippen LogP) is 3.08. The lowest BCUT2D eigenvalue weighted by atomic mass is 10.2. The maximum absolute atomic E-state index is 5.93. The van der Waals surface area contributed by atoms with Gasteiger partial charge in [-0.1, -0.05) is 17.7 Å². The molecule has 0 atom stereocenters. The number of aromatic amines is 1. The molecule has 0 aliphatic rings. The molecular formula is C13H12ClN5. The second-order valence-corrected chi connectivity index (χ2v) is 4.65. The molecule has 3 aromatic rings. The number of nitrogens with one attached hydrogen (secondary N) is 1. The summed E-state index contributed by atoms with van der Waals surface area (Å²) in [6.45, 7) is 2.05. The Hall–Kier alpha value is -2.14. The van der Waals surface area contributed by atoms with Crippen LogP contribution in [-0.2, 0) is 0 Å². The molecule has 5 nitrogen and oxygen atoms in total. The Labute approximate surface area is 115 Å². The third-order valence-corrected chi connectivity index (χ3v) is 3.15. The Morgan fingerprint density at radius 3 is 2.63 bits per heavy atom. The molecule has 0 amide bonds. The number of H-pyrrole nitrogens is 1. The fraction of sp³-hybridized carbons (Fsp3) is 0.154. The van der Waals surface area contributed by atoms with Gasteiger partial charge in [0.2, 0.25) is 5.28 Å². The van der Waals surface area contributed by atoms with Gasteiger partial charge in [0.05, 0.1) is 6.33 Å². The van der Waals surface area contributed by atoms with E-state index in [1.54, 1.807) is 6.33 Å². The second kappa shape index (κ2) is 4.51. The van der Waals surface area contributed by atoms with Crippen molar-refractivity contribution >= 4 is 34.3 Å². The van der Waals surface area contributed by atoms with Crippen molar-refractivity contribution in [1.82, 2.24) is 19.9 Å². The number of imidazole rings is 1. The van der Waals surface area contributed by atoms with E-state index in [9.17, 15) is 0 Å². The molecule has 3 rings (SSSR count). The summed E-state index contributed by atoms with van der Waals surface area (Å²) in [5.41, 5.74) is 3.57. The van der Waals surface area contributed by atoms with E-state index in [2.05, 4.69) is 39.0 Å². The van der Waals surface area contributed by atoms with Crippen LogP contribution in [0, 0.1) is 6.92 Å². The highest BCUT2D eigenvalue weighted by atomic mass is 35.5. The largest absolute Gasteiger partial charge is 0.340 e. The van der Waals surface area contributed by atoms with Crippen molar-refractivity contribution < 1.29 is 0 Å². The summed E-state index contributed by atoms with van der Waals surface area (Å²) >= 11 is 5.93. The average molecular weight is 274 g/mol. The first-order chi connectivity index (χ1) is 9.15. The van der Waals surface area contributed by atoms with Crippen molar-refractivity contribution in [2.45, 2.75) is 6.92 Å². The first-order valence-corrected chi connectivity index (χ1v) is 6.20. The smallest absolute Gasteiger partial charge is 0.226 e. The standard InChI is InChI=1S/C13H12ClN5/c1-8-3-5-9(6-4-8)19(2)12-10-11(16-7-15-10)17-13(14)18-12/h3-7H,1-2H3,(H,15,16,17,18). The van der Waals surface area contributed by atoms with Gasteiger partial charge in [-0.2, -0.15) is 9.97 Å². The zero-order valence-electron chi connectivity index (χ0n) is 10.6. The first-order valence-electron chi connectivity index (χ1n) is 5.82. The van der Waals surface area contributed by atoms with E-state index in [1.807, 2.05) is 24.1 Å². The molecule has 0 saturated carbocycles. The maximum Gasteiger partial charge on any atom is 0.226 e. The minimum atomic E-state index is 0.188. The van der Waals surface area contributed by atoms with E-state index in [0.717, 1.165) is 11.2 Å². The number of aryl methyl sites for hydroxylation is 1. The minimum absolute atomic E-state index is 0.188. The summed E-state index contributed by atoms with van der Waals surface area (Å²) in [5, 5.41) is 0.188. The number of rotatable bonds is 2. The van der Waals surface area contributed by atoms with E-state index in [-0.39, 0.29) is 5.28 Å². The van der Waals surface area contributed by atoms with Crippen LogP contribution in [0.3, 0.4) is 0 Å². The van der Waals surface area contributed by atoms with Crippen molar-refractivity contribution in [1.29, 1.82) is 0 Å². The average Bonchev–Trinajstić information content (AvgIpc) is 2.85. The van der Waals surface area contributed by atoms with Gasteiger partial charge in [0.1, 0.15) is 5.52 Å². The number of aromatic nitrogens is 4. The van der Waals surface area contributed by atoms with E-state index >= 15 is 0 Å². The van der Waals surface area contributed by atoms with Crippen LogP contribution in [0.25, 0.3) is 11.2 Å². The highest BCUT2D eigenvalue weighted by molar-refractivity contribution is 6.28. The Balaban J connectivity index is 2.12. The summed E-state index contributed by atoms with van der Waals surface area (Å²) in [6.07, 6.45) is 1.59. The van der Waals surface area contributed by atoms with Gasteiger partial charge in [-0.3, -0.25) is 0 Å². The number of nitrogens with zero attached hydrogens (tertiary/aromatic N) is 4. The van der Waals surface area contributed by atoms with E-state index < -0.39 is 0 Å². The highest BCUT2D eigenvalue weighted by Crippen LogP contribution is 2.27. The molecule has 0 radical (unpaired) electrons. The predicted molar refractivity (Wildman–Crippen MR) is 75.9 cm³/mol. The van der Waals surface area contributed by atoms with Gasteiger partial charge < -0.3 is 9.88 Å². The molecule has 2 heterocycles. The Morgan fingerprint density at radius 2 is 1.89 bits per heavy atom. The fourth-order valence-corrected chi connectivity index (χ4v) is 2.09. The van der Waals surface area contributed by atoms with Gasteiger partial charge in [0.15, 0.2) is 11.5 Å². The van der Waals surface area contributed by atoms with Crippen LogP contribution >= 0.6 is 11.6 Å². The quantitative estimate of drug-likeness (QED) is 0.729. The first kappa shape index (κ1) is 11.9. The molecule has 0 aliphatic heterocycles. The van der Waals surface area contributed by atoms with Gasteiger partial charge in [-0.15, -0.1) is 0 Å². The molecule has 2 aromatic heterocycles. The van der Waals surface area contributed by atoms with E-state index in [0.29, 0.717) is 11.5 Å². The van der Waals surface area contributed by atoms with Gasteiger partial charge in [0, 0.05) is 12.7 Å². The van der Waals surface area contributed by atoms with Gasteiger partial charge in [-0.25, -0.2) is 4.98 Å². The molecule has 1 N–H and O–H groups in total. The third-order valence-electron chi connectivity index (χ3n) is 2.98. The number of anilines is 2. The lowest BCUT2D eigenvalue weighted by molar-refractivity contribution is 1.10. The number of hydrogen-bond donors (Lipinski definition) is 1. The molecule has 0 spiro atoms. The van der Waals surface area contributed by atoms with Crippen LogP contribution in [-0.4, -0.2) is 27.0 Å². The molecule has 1 aromatic carbocycles. The summed E-state index contributed by atoms with van der Waals surface area (Å²) in [6, 6.07) is 8.18. The maximum atomic E-state index is 5.93. The molecule has 96 valence electrons. The topological polar surface area (TPSA) is 57.7 Å². The Morgan fingerprint density at radius 1 is 1.16 bits per heavy atom. The Bertz CT molecular complexity index is 719. The van der Waals surface area contributed by atoms with Crippen LogP contribution < -0.4 is 4.90 Å². The number of halogens is 1. The fourth-order valence-electron chi connectivity index (χ4n) is 1.93. The number of benzene rings is 1. The number of hydrogen-bond acceptors (Lipinski definition) is 4. The molecule has 0 fully saturated rings. The van der Waals surface area contributed by atoms with Gasteiger partial charge in [0.25, 0.3) is 0 Å². The second-order valence-electron chi connectivity index (χ2n) is 4.31. The van der Waals surface area contributed by atoms with Crippen LogP contribution in [0.5, 0.6) is 0 Å². The molecule has 0 bridgehead atoms. The third kappa shape index (κ3) is 2.13. The molecule has 19 heavy (non-hydrogen) atoms. The van der Waals surface area contributed by atoms with Gasteiger partial charge >= 0.3 is 0 Å². The van der Waals surface area contributed by atoms with E-state index in [1.165, 1.54) is 5.56 Å². The summed E-state index contributed by atoms with van der Waals surface area (Å²) in [7, 11) is 1.93. The minimum Gasteiger partial charge on any atom is -0.340 e. The summed E-state index contributed by atoms with van der Waals surface area (Å²) in [5.74, 6) is 0.705. The number of fused-ring (bicyclic) bond motifs is 1. The van der Waals surface area contributed by atoms with Crippen LogP contribution in [0.2, 0.25) is 5.28 Å². The van der Waals surface area contributed by atoms with Crippen molar-refractivity contribution in [2.24, 2.45) is 0 Å². The van der Waals surface area contributed by atoms with Crippen molar-refractivity contribution in [3.05, 3.63) is 41.4 Å². The molecule has 0 aliphatic carbocycles. The normalized spacial score (nSPS) is 10.9. The van der Waals surface area contributed by atoms with Crippen LogP contribution in [0.1, 0.15) is 5.56 Å². The van der Waals surface area contributed by atoms with Crippen molar-refractivity contribution in [3.63, 3.8) is 0 Å². The van der Waals surface area contributed by atoms with Crippen LogP contribution in [0.15, 0.2) is 30.6 Å². The zero-order chi connectivity index (χ0) is 13.4. The SMILES string of the molecule is Cc1ccc(N(C)c2nc(Cl)nc3nc[nH]c23)cc1. The van der Waals surface area contributed by atoms with E-state index in [4.69, 9.17) is 11.6 Å². The molecule has 0 saturated heterocycles. The molecule has 0 unspecified atom stereocenters. The van der Waals surface area contributed by atoms with Crippen LogP contribution in [0.4, 0.5) is 11.5 Å². The molecule has 6 heteroatoms. The monoisotopic (exact) mass is 273 g/mol. The lowest BCUT2D eigenvalue weighted by Crippen LogP contribution is -2.12. The zero-order valence-corrected chi connectivity index (χ0v) is 11.3.